The molecular weight excluding hydrogens is 302 g/mol. The number of amides is 1. The average molecular weight is 326 g/mol. The van der Waals surface area contributed by atoms with Crippen LogP contribution in [0.15, 0.2) is 18.2 Å². The van der Waals surface area contributed by atoms with Gasteiger partial charge in [-0.1, -0.05) is 18.5 Å². The molecule has 1 saturated heterocycles. The molecule has 0 aliphatic carbocycles. The molecule has 22 heavy (non-hydrogen) atoms. The number of rotatable bonds is 5. The van der Waals surface area contributed by atoms with Crippen LogP contribution in [0.25, 0.3) is 0 Å². The van der Waals surface area contributed by atoms with E-state index >= 15 is 0 Å². The van der Waals surface area contributed by atoms with Crippen LogP contribution in [0.1, 0.15) is 13.3 Å². The molecular formula is C16H24ClN3O2. The number of methoxy groups -OCH3 is 1. The van der Waals surface area contributed by atoms with Crippen molar-refractivity contribution in [1.29, 1.82) is 0 Å². The van der Waals surface area contributed by atoms with E-state index in [-0.39, 0.29) is 5.91 Å². The topological polar surface area (TPSA) is 67.6 Å². The summed E-state index contributed by atoms with van der Waals surface area (Å²) in [5.74, 6) is 1.62. The Bertz CT molecular complexity index is 524. The first-order chi connectivity index (χ1) is 10.5. The number of halogens is 1. The summed E-state index contributed by atoms with van der Waals surface area (Å²) in [6, 6.07) is 5.16. The van der Waals surface area contributed by atoms with Gasteiger partial charge in [0, 0.05) is 11.6 Å². The van der Waals surface area contributed by atoms with Crippen molar-refractivity contribution in [3.05, 3.63) is 23.2 Å². The highest BCUT2D eigenvalue weighted by Gasteiger charge is 2.26. The summed E-state index contributed by atoms with van der Waals surface area (Å²) >= 11 is 5.97. The summed E-state index contributed by atoms with van der Waals surface area (Å²) < 4.78 is 5.24. The van der Waals surface area contributed by atoms with Crippen LogP contribution in [-0.4, -0.2) is 44.1 Å². The van der Waals surface area contributed by atoms with Gasteiger partial charge >= 0.3 is 0 Å². The van der Waals surface area contributed by atoms with Gasteiger partial charge in [-0.3, -0.25) is 9.69 Å². The second-order valence-corrected chi connectivity index (χ2v) is 6.33. The van der Waals surface area contributed by atoms with Crippen molar-refractivity contribution in [3.8, 4) is 5.75 Å². The molecule has 1 fully saturated rings. The minimum atomic E-state index is -0.0640. The number of piperidine rings is 1. The predicted molar refractivity (Wildman–Crippen MR) is 89.4 cm³/mol. The van der Waals surface area contributed by atoms with Crippen molar-refractivity contribution in [2.24, 2.45) is 17.6 Å². The SMILES string of the molecule is COc1ccc(Cl)cc1NC(=O)CN1CCC(C)C(CN)C1. The molecule has 2 unspecified atom stereocenters. The molecule has 0 bridgehead atoms. The molecule has 0 aromatic heterocycles. The zero-order valence-corrected chi connectivity index (χ0v) is 13.9. The van der Waals surface area contributed by atoms with Gasteiger partial charge in [-0.25, -0.2) is 0 Å². The first kappa shape index (κ1) is 17.1. The van der Waals surface area contributed by atoms with Gasteiger partial charge in [0.2, 0.25) is 5.91 Å². The van der Waals surface area contributed by atoms with Gasteiger partial charge in [-0.15, -0.1) is 0 Å². The lowest BCUT2D eigenvalue weighted by molar-refractivity contribution is -0.117. The first-order valence-corrected chi connectivity index (χ1v) is 7.97. The summed E-state index contributed by atoms with van der Waals surface area (Å²) in [5.41, 5.74) is 6.40. The number of ether oxygens (including phenoxy) is 1. The summed E-state index contributed by atoms with van der Waals surface area (Å²) in [6.45, 7) is 5.06. The van der Waals surface area contributed by atoms with Gasteiger partial charge in [-0.2, -0.15) is 0 Å². The quantitative estimate of drug-likeness (QED) is 0.871. The number of carbonyl (C=O) groups is 1. The molecule has 1 aromatic rings. The number of carbonyl (C=O) groups excluding carboxylic acids is 1. The molecule has 1 aliphatic rings. The van der Waals surface area contributed by atoms with Crippen LogP contribution in [0.4, 0.5) is 5.69 Å². The number of likely N-dealkylation sites (tertiary alicyclic amines) is 1. The number of hydrogen-bond acceptors (Lipinski definition) is 4. The fourth-order valence-corrected chi connectivity index (χ4v) is 3.02. The summed E-state index contributed by atoms with van der Waals surface area (Å²) in [4.78, 5) is 14.4. The lowest BCUT2D eigenvalue weighted by atomic mass is 9.87. The van der Waals surface area contributed by atoms with Crippen LogP contribution in [-0.2, 0) is 4.79 Å². The van der Waals surface area contributed by atoms with E-state index in [2.05, 4.69) is 17.1 Å². The number of nitrogens with zero attached hydrogens (tertiary/aromatic N) is 1. The van der Waals surface area contributed by atoms with Gasteiger partial charge in [-0.05, 0) is 49.5 Å². The Labute approximate surface area is 136 Å². The van der Waals surface area contributed by atoms with Gasteiger partial charge in [0.1, 0.15) is 5.75 Å². The largest absolute Gasteiger partial charge is 0.495 e. The van der Waals surface area contributed by atoms with E-state index in [1.165, 1.54) is 0 Å². The maximum Gasteiger partial charge on any atom is 0.238 e. The Kier molecular flexibility index (Phi) is 6.06. The molecule has 2 atom stereocenters. The number of anilines is 1. The van der Waals surface area contributed by atoms with Crippen LogP contribution >= 0.6 is 11.6 Å². The molecule has 1 heterocycles. The number of nitrogens with two attached hydrogens (primary N) is 1. The highest BCUT2D eigenvalue weighted by atomic mass is 35.5. The fraction of sp³-hybridized carbons (Fsp3) is 0.562. The number of nitrogens with one attached hydrogen (secondary N) is 1. The van der Waals surface area contributed by atoms with Crippen molar-refractivity contribution < 1.29 is 9.53 Å². The van der Waals surface area contributed by atoms with Gasteiger partial charge < -0.3 is 15.8 Å². The molecule has 6 heteroatoms. The molecule has 5 nitrogen and oxygen atoms in total. The number of hydrogen-bond donors (Lipinski definition) is 2. The second kappa shape index (κ2) is 7.81. The third-order valence-corrected chi connectivity index (χ3v) is 4.54. The van der Waals surface area contributed by atoms with Gasteiger partial charge in [0.15, 0.2) is 0 Å². The normalized spacial score (nSPS) is 22.4. The monoisotopic (exact) mass is 325 g/mol. The second-order valence-electron chi connectivity index (χ2n) is 5.89. The van der Waals surface area contributed by atoms with E-state index in [9.17, 15) is 4.79 Å². The van der Waals surface area contributed by atoms with Crippen LogP contribution < -0.4 is 15.8 Å². The lowest BCUT2D eigenvalue weighted by Crippen LogP contribution is -2.45. The van der Waals surface area contributed by atoms with Gasteiger partial charge in [0.05, 0.1) is 19.3 Å². The maximum absolute atomic E-state index is 12.3. The Hall–Kier alpha value is -1.30. The number of benzene rings is 1. The van der Waals surface area contributed by atoms with E-state index in [1.807, 2.05) is 0 Å². The molecule has 0 saturated carbocycles. The van der Waals surface area contributed by atoms with Crippen LogP contribution in [0.5, 0.6) is 5.75 Å². The fourth-order valence-electron chi connectivity index (χ4n) is 2.85. The van der Waals surface area contributed by atoms with Crippen LogP contribution in [0, 0.1) is 11.8 Å². The predicted octanol–water partition coefficient (Wildman–Crippen LogP) is 2.20. The van der Waals surface area contributed by atoms with Crippen molar-refractivity contribution in [3.63, 3.8) is 0 Å². The Morgan fingerprint density at radius 3 is 3.00 bits per heavy atom. The zero-order valence-electron chi connectivity index (χ0n) is 13.1. The highest BCUT2D eigenvalue weighted by molar-refractivity contribution is 6.31. The summed E-state index contributed by atoms with van der Waals surface area (Å²) in [7, 11) is 1.57. The third kappa shape index (κ3) is 4.35. The van der Waals surface area contributed by atoms with E-state index in [0.717, 1.165) is 19.5 Å². The molecule has 1 amide bonds. The summed E-state index contributed by atoms with van der Waals surface area (Å²) in [6.07, 6.45) is 1.08. The van der Waals surface area contributed by atoms with Crippen LogP contribution in [0.2, 0.25) is 5.02 Å². The smallest absolute Gasteiger partial charge is 0.238 e. The molecule has 0 spiro atoms. The van der Waals surface area contributed by atoms with Crippen molar-refractivity contribution in [1.82, 2.24) is 4.90 Å². The Morgan fingerprint density at radius 1 is 1.55 bits per heavy atom. The van der Waals surface area contributed by atoms with Crippen LogP contribution in [0.3, 0.4) is 0 Å². The minimum absolute atomic E-state index is 0.0640. The molecule has 1 aromatic carbocycles. The maximum atomic E-state index is 12.3. The molecule has 1 aliphatic heterocycles. The molecule has 2 rings (SSSR count). The summed E-state index contributed by atoms with van der Waals surface area (Å²) in [5, 5.41) is 3.43. The average Bonchev–Trinajstić information content (AvgIpc) is 2.49. The van der Waals surface area contributed by atoms with E-state index in [1.54, 1.807) is 25.3 Å². The molecule has 0 radical (unpaired) electrons. The molecule has 122 valence electrons. The lowest BCUT2D eigenvalue weighted by Gasteiger charge is -2.36. The van der Waals surface area contributed by atoms with Crippen molar-refractivity contribution >= 4 is 23.2 Å². The standard InChI is InChI=1S/C16H24ClN3O2/c1-11-5-6-20(9-12(11)8-18)10-16(21)19-14-7-13(17)3-4-15(14)22-2/h3-4,7,11-12H,5-6,8-10,18H2,1-2H3,(H,19,21). The van der Waals surface area contributed by atoms with E-state index in [4.69, 9.17) is 22.1 Å². The first-order valence-electron chi connectivity index (χ1n) is 7.59. The zero-order chi connectivity index (χ0) is 16.1. The van der Waals surface area contributed by atoms with Crippen molar-refractivity contribution in [2.45, 2.75) is 13.3 Å². The highest BCUT2D eigenvalue weighted by Crippen LogP contribution is 2.28. The van der Waals surface area contributed by atoms with E-state index in [0.29, 0.717) is 41.4 Å². The van der Waals surface area contributed by atoms with Crippen molar-refractivity contribution in [2.75, 3.05) is 38.6 Å². The third-order valence-electron chi connectivity index (χ3n) is 4.30. The Morgan fingerprint density at radius 2 is 2.32 bits per heavy atom. The Balaban J connectivity index is 1.94. The van der Waals surface area contributed by atoms with E-state index < -0.39 is 0 Å². The molecule has 3 N–H and O–H groups in total. The van der Waals surface area contributed by atoms with Gasteiger partial charge in [0.25, 0.3) is 0 Å². The minimum Gasteiger partial charge on any atom is -0.495 e.